The van der Waals surface area contributed by atoms with Crippen LogP contribution in [0.15, 0.2) is 0 Å². The number of rotatable bonds is 7. The van der Waals surface area contributed by atoms with Crippen LogP contribution in [0.25, 0.3) is 0 Å². The number of amides is 1. The number of hydrogen-bond donors (Lipinski definition) is 1. The van der Waals surface area contributed by atoms with E-state index < -0.39 is 0 Å². The van der Waals surface area contributed by atoms with Gasteiger partial charge < -0.3 is 10.0 Å². The number of carbonyl (C=O) groups is 1. The number of hydrogen-bond acceptors (Lipinski definition) is 2. The maximum Gasteiger partial charge on any atom is 0.223 e. The van der Waals surface area contributed by atoms with Gasteiger partial charge in [-0.2, -0.15) is 0 Å². The van der Waals surface area contributed by atoms with E-state index in [-0.39, 0.29) is 24.0 Å². The molecular weight excluding hydrogens is 226 g/mol. The molecule has 1 atom stereocenters. The fourth-order valence-electron chi connectivity index (χ4n) is 2.03. The molecule has 0 aromatic heterocycles. The van der Waals surface area contributed by atoms with Crippen LogP contribution in [0.4, 0.5) is 0 Å². The van der Waals surface area contributed by atoms with Gasteiger partial charge in [-0.15, -0.1) is 0 Å². The first-order chi connectivity index (χ1) is 8.27. The molecule has 0 aliphatic rings. The van der Waals surface area contributed by atoms with Crippen LogP contribution in [0.5, 0.6) is 0 Å². The molecule has 0 aromatic carbocycles. The fraction of sp³-hybridized carbons (Fsp3) is 0.933. The Balaban J connectivity index is 4.66. The predicted octanol–water partition coefficient (Wildman–Crippen LogP) is 3.07. The summed E-state index contributed by atoms with van der Waals surface area (Å²) in [5.41, 5.74) is 0.147. The summed E-state index contributed by atoms with van der Waals surface area (Å²) in [7, 11) is 0. The first-order valence-corrected chi connectivity index (χ1v) is 7.18. The van der Waals surface area contributed by atoms with Crippen molar-refractivity contribution in [3.63, 3.8) is 0 Å². The molecule has 3 nitrogen and oxygen atoms in total. The lowest BCUT2D eigenvalue weighted by Crippen LogP contribution is -2.42. The summed E-state index contributed by atoms with van der Waals surface area (Å²) < 4.78 is 0. The second-order valence-corrected chi connectivity index (χ2v) is 6.25. The van der Waals surface area contributed by atoms with Gasteiger partial charge in [-0.05, 0) is 24.2 Å². The zero-order valence-corrected chi connectivity index (χ0v) is 13.0. The predicted molar refractivity (Wildman–Crippen MR) is 76.4 cm³/mol. The maximum absolute atomic E-state index is 12.4. The van der Waals surface area contributed by atoms with Gasteiger partial charge in [0.25, 0.3) is 0 Å². The third kappa shape index (κ3) is 5.38. The van der Waals surface area contributed by atoms with Crippen molar-refractivity contribution in [3.8, 4) is 0 Å². The number of aliphatic hydroxyl groups is 1. The highest BCUT2D eigenvalue weighted by molar-refractivity contribution is 5.76. The average Bonchev–Trinajstić information content (AvgIpc) is 2.28. The van der Waals surface area contributed by atoms with Crippen molar-refractivity contribution in [2.24, 2.45) is 11.3 Å². The molecule has 0 heterocycles. The smallest absolute Gasteiger partial charge is 0.223 e. The Hall–Kier alpha value is -0.570. The van der Waals surface area contributed by atoms with E-state index in [2.05, 4.69) is 41.5 Å². The Morgan fingerprint density at radius 3 is 2.06 bits per heavy atom. The quantitative estimate of drug-likeness (QED) is 0.761. The van der Waals surface area contributed by atoms with Crippen LogP contribution < -0.4 is 0 Å². The molecule has 1 unspecified atom stereocenters. The minimum atomic E-state index is 0.0478. The standard InChI is InChI=1S/C15H31NO2/c1-7-13(8-2)16(9-10-17)14(18)11-12(3)15(4,5)6/h12-13,17H,7-11H2,1-6H3. The Labute approximate surface area is 113 Å². The summed E-state index contributed by atoms with van der Waals surface area (Å²) in [6.45, 7) is 13.3. The highest BCUT2D eigenvalue weighted by atomic mass is 16.3. The van der Waals surface area contributed by atoms with E-state index in [0.29, 0.717) is 18.9 Å². The molecular formula is C15H31NO2. The van der Waals surface area contributed by atoms with Gasteiger partial charge >= 0.3 is 0 Å². The van der Waals surface area contributed by atoms with Gasteiger partial charge in [-0.25, -0.2) is 0 Å². The molecule has 0 saturated carbocycles. The highest BCUT2D eigenvalue weighted by Crippen LogP contribution is 2.29. The molecule has 0 aliphatic carbocycles. The van der Waals surface area contributed by atoms with Gasteiger partial charge in [0, 0.05) is 19.0 Å². The highest BCUT2D eigenvalue weighted by Gasteiger charge is 2.27. The van der Waals surface area contributed by atoms with Crippen LogP contribution in [0, 0.1) is 11.3 Å². The Morgan fingerprint density at radius 2 is 1.72 bits per heavy atom. The van der Waals surface area contributed by atoms with E-state index in [1.54, 1.807) is 0 Å². The fourth-order valence-corrected chi connectivity index (χ4v) is 2.03. The number of carbonyl (C=O) groups excluding carboxylic acids is 1. The molecule has 18 heavy (non-hydrogen) atoms. The van der Waals surface area contributed by atoms with E-state index in [1.807, 2.05) is 4.90 Å². The minimum absolute atomic E-state index is 0.0478. The summed E-state index contributed by atoms with van der Waals surface area (Å²) in [4.78, 5) is 14.2. The maximum atomic E-state index is 12.4. The molecule has 0 bridgehead atoms. The average molecular weight is 257 g/mol. The van der Waals surface area contributed by atoms with Crippen molar-refractivity contribution in [3.05, 3.63) is 0 Å². The van der Waals surface area contributed by atoms with Gasteiger partial charge in [0.2, 0.25) is 5.91 Å². The molecule has 0 fully saturated rings. The molecule has 0 saturated heterocycles. The molecule has 108 valence electrons. The van der Waals surface area contributed by atoms with E-state index in [1.165, 1.54) is 0 Å². The van der Waals surface area contributed by atoms with Crippen molar-refractivity contribution in [2.45, 2.75) is 66.8 Å². The lowest BCUT2D eigenvalue weighted by Gasteiger charge is -2.33. The van der Waals surface area contributed by atoms with E-state index in [4.69, 9.17) is 5.11 Å². The lowest BCUT2D eigenvalue weighted by molar-refractivity contribution is -0.136. The molecule has 0 rings (SSSR count). The molecule has 0 aliphatic heterocycles. The van der Waals surface area contributed by atoms with Gasteiger partial charge in [-0.3, -0.25) is 4.79 Å². The second-order valence-electron chi connectivity index (χ2n) is 6.25. The summed E-state index contributed by atoms with van der Waals surface area (Å²) in [6.07, 6.45) is 2.47. The SMILES string of the molecule is CCC(CC)N(CCO)C(=O)CC(C)C(C)(C)C. The normalized spacial score (nSPS) is 13.8. The van der Waals surface area contributed by atoms with Gasteiger partial charge in [-0.1, -0.05) is 41.5 Å². The molecule has 0 radical (unpaired) electrons. The van der Waals surface area contributed by atoms with E-state index >= 15 is 0 Å². The minimum Gasteiger partial charge on any atom is -0.395 e. The van der Waals surface area contributed by atoms with Crippen LogP contribution in [0.2, 0.25) is 0 Å². The van der Waals surface area contributed by atoms with E-state index in [9.17, 15) is 4.79 Å². The van der Waals surface area contributed by atoms with Crippen molar-refractivity contribution >= 4 is 5.91 Å². The summed E-state index contributed by atoms with van der Waals surface area (Å²) >= 11 is 0. The van der Waals surface area contributed by atoms with Crippen molar-refractivity contribution in [1.82, 2.24) is 4.90 Å². The summed E-state index contributed by atoms with van der Waals surface area (Å²) in [6, 6.07) is 0.261. The Morgan fingerprint density at radius 1 is 1.22 bits per heavy atom. The van der Waals surface area contributed by atoms with Crippen LogP contribution in [-0.4, -0.2) is 35.1 Å². The lowest BCUT2D eigenvalue weighted by atomic mass is 9.80. The van der Waals surface area contributed by atoms with Crippen LogP contribution >= 0.6 is 0 Å². The van der Waals surface area contributed by atoms with Crippen molar-refractivity contribution < 1.29 is 9.90 Å². The van der Waals surface area contributed by atoms with Crippen LogP contribution in [0.1, 0.15) is 60.8 Å². The second kappa shape index (κ2) is 7.78. The molecule has 3 heteroatoms. The first kappa shape index (κ1) is 17.4. The Bertz CT molecular complexity index is 241. The first-order valence-electron chi connectivity index (χ1n) is 7.18. The van der Waals surface area contributed by atoms with Crippen LogP contribution in [-0.2, 0) is 4.79 Å². The number of aliphatic hydroxyl groups excluding tert-OH is 1. The van der Waals surface area contributed by atoms with Gasteiger partial charge in [0.1, 0.15) is 0 Å². The zero-order chi connectivity index (χ0) is 14.3. The summed E-state index contributed by atoms with van der Waals surface area (Å²) in [5.74, 6) is 0.528. The molecule has 1 N–H and O–H groups in total. The number of nitrogens with zero attached hydrogens (tertiary/aromatic N) is 1. The van der Waals surface area contributed by atoms with Gasteiger partial charge in [0.05, 0.1) is 6.61 Å². The van der Waals surface area contributed by atoms with Crippen molar-refractivity contribution in [1.29, 1.82) is 0 Å². The monoisotopic (exact) mass is 257 g/mol. The largest absolute Gasteiger partial charge is 0.395 e. The van der Waals surface area contributed by atoms with Crippen LogP contribution in [0.3, 0.4) is 0 Å². The zero-order valence-electron chi connectivity index (χ0n) is 13.0. The van der Waals surface area contributed by atoms with Crippen molar-refractivity contribution in [2.75, 3.05) is 13.2 Å². The Kier molecular flexibility index (Phi) is 7.53. The molecule has 1 amide bonds. The van der Waals surface area contributed by atoms with E-state index in [0.717, 1.165) is 12.8 Å². The van der Waals surface area contributed by atoms with Gasteiger partial charge in [0.15, 0.2) is 0 Å². The third-order valence-corrected chi connectivity index (χ3v) is 4.00. The summed E-state index contributed by atoms with van der Waals surface area (Å²) in [5, 5.41) is 9.13. The molecule has 0 spiro atoms. The topological polar surface area (TPSA) is 40.5 Å². The molecule has 0 aromatic rings. The third-order valence-electron chi connectivity index (χ3n) is 4.00.